The highest BCUT2D eigenvalue weighted by atomic mass is 16.6. The van der Waals surface area contributed by atoms with E-state index >= 15 is 0 Å². The second-order valence-corrected chi connectivity index (χ2v) is 8.75. The molecule has 0 atom stereocenters. The number of nitro benzene ring substituents is 1. The maximum atomic E-state index is 12.9. The minimum absolute atomic E-state index is 0.0707. The quantitative estimate of drug-likeness (QED) is 0.277. The molecule has 0 saturated carbocycles. The third-order valence-corrected chi connectivity index (χ3v) is 6.10. The fourth-order valence-corrected chi connectivity index (χ4v) is 3.94. The first-order valence-corrected chi connectivity index (χ1v) is 11.3. The molecule has 0 fully saturated rings. The van der Waals surface area contributed by atoms with E-state index in [2.05, 4.69) is 25.5 Å². The first-order chi connectivity index (χ1) is 17.6. The van der Waals surface area contributed by atoms with E-state index in [1.54, 1.807) is 24.6 Å². The number of nitro groups is 1. The number of aromatic nitrogens is 6. The lowest BCUT2D eigenvalue weighted by Crippen LogP contribution is -2.19. The molecule has 37 heavy (non-hydrogen) atoms. The Morgan fingerprint density at radius 1 is 1.00 bits per heavy atom. The lowest BCUT2D eigenvalue weighted by molar-refractivity contribution is -0.385. The van der Waals surface area contributed by atoms with E-state index in [0.29, 0.717) is 22.3 Å². The molecule has 0 saturated heterocycles. The van der Waals surface area contributed by atoms with Crippen molar-refractivity contribution in [3.8, 4) is 11.6 Å². The summed E-state index contributed by atoms with van der Waals surface area (Å²) in [7, 11) is 0. The van der Waals surface area contributed by atoms with E-state index < -0.39 is 16.4 Å². The summed E-state index contributed by atoms with van der Waals surface area (Å²) in [5, 5.41) is 23.0. The number of aryl methyl sites for hydroxylation is 4. The van der Waals surface area contributed by atoms with Gasteiger partial charge in [-0.1, -0.05) is 12.1 Å². The number of benzene rings is 2. The Morgan fingerprint density at radius 3 is 2.49 bits per heavy atom. The second-order valence-electron chi connectivity index (χ2n) is 8.75. The Balaban J connectivity index is 1.56. The SMILES string of the molecule is Cc1cc(NC(=O)c2ccc(C)c([N+](=O)[O-])c2)n(-c2nc3c(cnn3-c3ccc(C)c(C)c3)c(=O)[nH]2)n1. The molecule has 0 bridgehead atoms. The maximum absolute atomic E-state index is 12.9. The topological polar surface area (TPSA) is 154 Å². The van der Waals surface area contributed by atoms with Crippen molar-refractivity contribution in [2.45, 2.75) is 27.7 Å². The highest BCUT2D eigenvalue weighted by Gasteiger charge is 2.19. The Hall–Kier alpha value is -5.13. The van der Waals surface area contributed by atoms with E-state index in [-0.39, 0.29) is 23.0 Å². The van der Waals surface area contributed by atoms with Crippen molar-refractivity contribution < 1.29 is 9.72 Å². The first kappa shape index (κ1) is 23.6. The molecule has 0 spiro atoms. The Bertz CT molecular complexity index is 1780. The average molecular weight is 499 g/mol. The predicted octanol–water partition coefficient (Wildman–Crippen LogP) is 3.69. The zero-order valence-electron chi connectivity index (χ0n) is 20.4. The Kier molecular flexibility index (Phi) is 5.63. The normalized spacial score (nSPS) is 11.1. The molecule has 12 heteroatoms. The summed E-state index contributed by atoms with van der Waals surface area (Å²) < 4.78 is 2.87. The maximum Gasteiger partial charge on any atom is 0.273 e. The fourth-order valence-electron chi connectivity index (χ4n) is 3.94. The number of H-pyrrole nitrogens is 1. The van der Waals surface area contributed by atoms with Crippen LogP contribution in [0, 0.1) is 37.8 Å². The molecule has 3 aromatic heterocycles. The molecular weight excluding hydrogens is 476 g/mol. The van der Waals surface area contributed by atoms with E-state index in [4.69, 9.17) is 0 Å². The van der Waals surface area contributed by atoms with Gasteiger partial charge in [-0.15, -0.1) is 0 Å². The number of aromatic amines is 1. The van der Waals surface area contributed by atoms with Crippen LogP contribution in [-0.2, 0) is 0 Å². The lowest BCUT2D eigenvalue weighted by atomic mass is 10.1. The number of hydrogen-bond donors (Lipinski definition) is 2. The molecule has 5 aromatic rings. The smallest absolute Gasteiger partial charge is 0.273 e. The van der Waals surface area contributed by atoms with E-state index in [0.717, 1.165) is 16.8 Å². The van der Waals surface area contributed by atoms with Crippen LogP contribution in [0.4, 0.5) is 11.5 Å². The molecule has 2 N–H and O–H groups in total. The molecule has 0 aliphatic rings. The molecule has 2 aromatic carbocycles. The molecule has 12 nitrogen and oxygen atoms in total. The van der Waals surface area contributed by atoms with Gasteiger partial charge in [-0.05, 0) is 57.0 Å². The number of fused-ring (bicyclic) bond motifs is 1. The van der Waals surface area contributed by atoms with Crippen molar-refractivity contribution >= 4 is 28.4 Å². The van der Waals surface area contributed by atoms with Crippen LogP contribution >= 0.6 is 0 Å². The summed E-state index contributed by atoms with van der Waals surface area (Å²) >= 11 is 0. The summed E-state index contributed by atoms with van der Waals surface area (Å²) in [5.74, 6) is -0.278. The zero-order chi connectivity index (χ0) is 26.4. The molecular formula is C25H22N8O4. The number of nitrogens with zero attached hydrogens (tertiary/aromatic N) is 6. The van der Waals surface area contributed by atoms with Crippen molar-refractivity contribution in [3.05, 3.63) is 97.1 Å². The van der Waals surface area contributed by atoms with Gasteiger partial charge in [-0.2, -0.15) is 19.9 Å². The van der Waals surface area contributed by atoms with Gasteiger partial charge in [0.15, 0.2) is 5.65 Å². The molecule has 0 aliphatic heterocycles. The van der Waals surface area contributed by atoms with E-state index in [1.807, 2.05) is 32.0 Å². The summed E-state index contributed by atoms with van der Waals surface area (Å²) in [6, 6.07) is 11.6. The molecule has 1 amide bonds. The number of carbonyl (C=O) groups is 1. The van der Waals surface area contributed by atoms with Gasteiger partial charge in [-0.3, -0.25) is 24.7 Å². The predicted molar refractivity (Wildman–Crippen MR) is 137 cm³/mol. The minimum atomic E-state index is -0.576. The van der Waals surface area contributed by atoms with Crippen molar-refractivity contribution in [1.29, 1.82) is 0 Å². The molecule has 3 heterocycles. The van der Waals surface area contributed by atoms with Crippen LogP contribution in [-0.4, -0.2) is 40.4 Å². The molecule has 186 valence electrons. The number of hydrogen-bond acceptors (Lipinski definition) is 7. The van der Waals surface area contributed by atoms with Crippen LogP contribution in [0.3, 0.4) is 0 Å². The fraction of sp³-hybridized carbons (Fsp3) is 0.160. The van der Waals surface area contributed by atoms with Crippen LogP contribution < -0.4 is 10.9 Å². The standard InChI is InChI=1S/C25H22N8O4/c1-13-6-8-18(9-15(13)3)31-22-19(12-26-31)24(35)29-25(28-22)32-21(10-16(4)30-32)27-23(34)17-7-5-14(2)20(11-17)33(36)37/h5-12H,1-4H3,(H,27,34)(H,28,29,35). The highest BCUT2D eigenvalue weighted by molar-refractivity contribution is 6.04. The summed E-state index contributed by atoms with van der Waals surface area (Å²) in [5.41, 5.74) is 3.77. The van der Waals surface area contributed by atoms with Crippen molar-refractivity contribution in [1.82, 2.24) is 29.5 Å². The number of nitrogens with one attached hydrogen (secondary N) is 2. The molecule has 0 aliphatic carbocycles. The zero-order valence-corrected chi connectivity index (χ0v) is 20.4. The number of amides is 1. The average Bonchev–Trinajstić information content (AvgIpc) is 3.44. The monoisotopic (exact) mass is 498 g/mol. The van der Waals surface area contributed by atoms with Crippen LogP contribution in [0.15, 0.2) is 53.5 Å². The van der Waals surface area contributed by atoms with Gasteiger partial charge in [0.1, 0.15) is 11.2 Å². The van der Waals surface area contributed by atoms with Gasteiger partial charge < -0.3 is 5.32 Å². The van der Waals surface area contributed by atoms with Crippen LogP contribution in [0.2, 0.25) is 0 Å². The van der Waals surface area contributed by atoms with Crippen LogP contribution in [0.25, 0.3) is 22.7 Å². The van der Waals surface area contributed by atoms with Gasteiger partial charge in [0.25, 0.3) is 17.2 Å². The molecule has 0 radical (unpaired) electrons. The van der Waals surface area contributed by atoms with Crippen molar-refractivity contribution in [3.63, 3.8) is 0 Å². The Morgan fingerprint density at radius 2 is 1.76 bits per heavy atom. The van der Waals surface area contributed by atoms with Crippen LogP contribution in [0.1, 0.15) is 32.7 Å². The molecule has 0 unspecified atom stereocenters. The summed E-state index contributed by atoms with van der Waals surface area (Å²) in [6.45, 7) is 7.31. The van der Waals surface area contributed by atoms with Crippen LogP contribution in [0.5, 0.6) is 0 Å². The minimum Gasteiger partial charge on any atom is -0.306 e. The summed E-state index contributed by atoms with van der Waals surface area (Å²) in [6.07, 6.45) is 1.45. The lowest BCUT2D eigenvalue weighted by Gasteiger charge is -2.10. The Labute approximate surface area is 209 Å². The highest BCUT2D eigenvalue weighted by Crippen LogP contribution is 2.22. The third kappa shape index (κ3) is 4.24. The number of rotatable bonds is 5. The molecule has 5 rings (SSSR count). The van der Waals surface area contributed by atoms with E-state index in [1.165, 1.54) is 29.1 Å². The number of carbonyl (C=O) groups excluding carboxylic acids is 1. The summed E-state index contributed by atoms with van der Waals surface area (Å²) in [4.78, 5) is 43.9. The van der Waals surface area contributed by atoms with Gasteiger partial charge in [0.05, 0.1) is 22.5 Å². The van der Waals surface area contributed by atoms with Gasteiger partial charge in [-0.25, -0.2) is 4.68 Å². The van der Waals surface area contributed by atoms with Gasteiger partial charge in [0.2, 0.25) is 5.95 Å². The first-order valence-electron chi connectivity index (χ1n) is 11.3. The van der Waals surface area contributed by atoms with Gasteiger partial charge in [0, 0.05) is 23.3 Å². The van der Waals surface area contributed by atoms with Crippen molar-refractivity contribution in [2.24, 2.45) is 0 Å². The second kappa shape index (κ2) is 8.82. The largest absolute Gasteiger partial charge is 0.306 e. The van der Waals surface area contributed by atoms with Crippen molar-refractivity contribution in [2.75, 3.05) is 5.32 Å². The van der Waals surface area contributed by atoms with E-state index in [9.17, 15) is 19.7 Å². The number of anilines is 1. The third-order valence-electron chi connectivity index (χ3n) is 6.10. The van der Waals surface area contributed by atoms with Gasteiger partial charge >= 0.3 is 0 Å².